The highest BCUT2D eigenvalue weighted by Gasteiger charge is 2.19. The summed E-state index contributed by atoms with van der Waals surface area (Å²) in [5.74, 6) is 0. The molecule has 3 rings (SSSR count). The van der Waals surface area contributed by atoms with E-state index in [4.69, 9.17) is 4.98 Å². The highest BCUT2D eigenvalue weighted by atomic mass is 32.1. The number of allylic oxidation sites excluding steroid dienone is 8. The molecule has 1 nitrogen and oxygen atoms in total. The van der Waals surface area contributed by atoms with Gasteiger partial charge >= 0.3 is 0 Å². The van der Waals surface area contributed by atoms with E-state index in [9.17, 15) is 0 Å². The van der Waals surface area contributed by atoms with Crippen molar-refractivity contribution in [1.29, 1.82) is 0 Å². The van der Waals surface area contributed by atoms with Crippen LogP contribution in [0.25, 0.3) is 17.7 Å². The minimum Gasteiger partial charge on any atom is -0.236 e. The first-order valence-electron chi connectivity index (χ1n) is 7.33. The standard InChI is InChI=1S/C19H21NS/c1-18(2)11-8-15-16(9-12-18)21-17(20-15)14-7-5-6-10-19(3,4)13-14/h5-13H,1-4H3. The fourth-order valence-corrected chi connectivity index (χ4v) is 3.39. The predicted octanol–water partition coefficient (Wildman–Crippen LogP) is 5.74. The van der Waals surface area contributed by atoms with Crippen LogP contribution < -0.4 is 0 Å². The van der Waals surface area contributed by atoms with Crippen LogP contribution in [0.3, 0.4) is 0 Å². The van der Waals surface area contributed by atoms with E-state index in [0.29, 0.717) is 0 Å². The number of rotatable bonds is 1. The Kier molecular flexibility index (Phi) is 3.37. The minimum atomic E-state index is 0.0650. The van der Waals surface area contributed by atoms with Crippen LogP contribution in [0.15, 0.2) is 42.5 Å². The van der Waals surface area contributed by atoms with Crippen molar-refractivity contribution in [3.05, 3.63) is 58.1 Å². The Balaban J connectivity index is 2.01. The van der Waals surface area contributed by atoms with Gasteiger partial charge in [0.25, 0.3) is 0 Å². The van der Waals surface area contributed by atoms with Crippen LogP contribution in [0.2, 0.25) is 0 Å². The number of fused-ring (bicyclic) bond motifs is 1. The summed E-state index contributed by atoms with van der Waals surface area (Å²) >= 11 is 1.77. The molecule has 0 aromatic carbocycles. The van der Waals surface area contributed by atoms with Crippen LogP contribution >= 0.6 is 11.3 Å². The minimum absolute atomic E-state index is 0.0650. The zero-order chi connectivity index (χ0) is 15.1. The number of hydrogen-bond donors (Lipinski definition) is 0. The van der Waals surface area contributed by atoms with Crippen molar-refractivity contribution < 1.29 is 0 Å². The lowest BCUT2D eigenvalue weighted by Crippen LogP contribution is -2.02. The van der Waals surface area contributed by atoms with Crippen LogP contribution in [0.1, 0.15) is 43.3 Å². The highest BCUT2D eigenvalue weighted by molar-refractivity contribution is 7.13. The summed E-state index contributed by atoms with van der Waals surface area (Å²) in [6.45, 7) is 8.86. The van der Waals surface area contributed by atoms with Crippen molar-refractivity contribution in [2.24, 2.45) is 10.8 Å². The second-order valence-corrected chi connectivity index (χ2v) is 7.93. The molecule has 0 bridgehead atoms. The first kappa shape index (κ1) is 14.3. The Morgan fingerprint density at radius 3 is 2.43 bits per heavy atom. The van der Waals surface area contributed by atoms with Gasteiger partial charge in [0, 0.05) is 16.4 Å². The van der Waals surface area contributed by atoms with Gasteiger partial charge in [-0.25, -0.2) is 4.98 Å². The van der Waals surface area contributed by atoms with Crippen LogP contribution in [0.5, 0.6) is 0 Å². The number of hydrogen-bond acceptors (Lipinski definition) is 2. The third kappa shape index (κ3) is 3.16. The van der Waals surface area contributed by atoms with Gasteiger partial charge < -0.3 is 0 Å². The predicted molar refractivity (Wildman–Crippen MR) is 94.0 cm³/mol. The van der Waals surface area contributed by atoms with Gasteiger partial charge in [0.15, 0.2) is 0 Å². The molecule has 1 aromatic rings. The fourth-order valence-electron chi connectivity index (χ4n) is 2.44. The normalized spacial score (nSPS) is 21.6. The van der Waals surface area contributed by atoms with Gasteiger partial charge in [-0.2, -0.15) is 0 Å². The molecule has 0 aliphatic heterocycles. The van der Waals surface area contributed by atoms with Gasteiger partial charge in [-0.1, -0.05) is 70.2 Å². The van der Waals surface area contributed by atoms with Crippen LogP contribution in [0, 0.1) is 10.8 Å². The van der Waals surface area contributed by atoms with Crippen molar-refractivity contribution in [3.8, 4) is 0 Å². The summed E-state index contributed by atoms with van der Waals surface area (Å²) in [6.07, 6.45) is 19.7. The van der Waals surface area contributed by atoms with E-state index in [1.54, 1.807) is 11.3 Å². The number of nitrogens with zero attached hydrogens (tertiary/aromatic N) is 1. The lowest BCUT2D eigenvalue weighted by atomic mass is 9.91. The van der Waals surface area contributed by atoms with Gasteiger partial charge in [0.1, 0.15) is 5.01 Å². The molecule has 0 unspecified atom stereocenters. The highest BCUT2D eigenvalue weighted by Crippen LogP contribution is 2.35. The summed E-state index contributed by atoms with van der Waals surface area (Å²) in [5.41, 5.74) is 2.47. The Morgan fingerprint density at radius 2 is 1.62 bits per heavy atom. The second kappa shape index (κ2) is 4.96. The second-order valence-electron chi connectivity index (χ2n) is 6.90. The Labute approximate surface area is 131 Å². The monoisotopic (exact) mass is 295 g/mol. The molecule has 0 saturated heterocycles. The molecule has 0 fully saturated rings. The first-order valence-corrected chi connectivity index (χ1v) is 8.15. The van der Waals surface area contributed by atoms with Crippen LogP contribution in [-0.2, 0) is 0 Å². The molecular formula is C19H21NS. The molecule has 21 heavy (non-hydrogen) atoms. The molecule has 0 N–H and O–H groups in total. The maximum atomic E-state index is 4.84. The molecule has 2 heteroatoms. The number of aromatic nitrogens is 1. The first-order chi connectivity index (χ1) is 9.85. The molecule has 0 atom stereocenters. The smallest absolute Gasteiger partial charge is 0.124 e. The molecule has 0 spiro atoms. The van der Waals surface area contributed by atoms with E-state index < -0.39 is 0 Å². The maximum Gasteiger partial charge on any atom is 0.124 e. The van der Waals surface area contributed by atoms with Gasteiger partial charge in [-0.05, 0) is 12.2 Å². The maximum absolute atomic E-state index is 4.84. The molecule has 0 saturated carbocycles. The van der Waals surface area contributed by atoms with Crippen LogP contribution in [-0.4, -0.2) is 4.98 Å². The molecule has 1 heterocycles. The van der Waals surface area contributed by atoms with E-state index in [1.807, 2.05) is 0 Å². The molecule has 2 aliphatic rings. The van der Waals surface area contributed by atoms with Crippen molar-refractivity contribution in [2.75, 3.05) is 0 Å². The van der Waals surface area contributed by atoms with Crippen molar-refractivity contribution in [1.82, 2.24) is 4.98 Å². The van der Waals surface area contributed by atoms with Crippen molar-refractivity contribution in [3.63, 3.8) is 0 Å². The Bertz CT molecular complexity index is 672. The van der Waals surface area contributed by atoms with Gasteiger partial charge in [0.2, 0.25) is 0 Å². The van der Waals surface area contributed by atoms with Gasteiger partial charge in [-0.3, -0.25) is 0 Å². The van der Waals surface area contributed by atoms with Gasteiger partial charge in [-0.15, -0.1) is 11.3 Å². The molecule has 2 aliphatic carbocycles. The summed E-state index contributed by atoms with van der Waals surface area (Å²) in [4.78, 5) is 6.09. The SMILES string of the molecule is CC1(C)C=Cc2nc(C3=CC(C)(C)C=CC=C3)sc2C=C1. The van der Waals surface area contributed by atoms with Crippen molar-refractivity contribution >= 4 is 29.1 Å². The lowest BCUT2D eigenvalue weighted by molar-refractivity contribution is 0.629. The summed E-state index contributed by atoms with van der Waals surface area (Å²) in [5, 5.41) is 1.10. The topological polar surface area (TPSA) is 12.9 Å². The average Bonchev–Trinajstić information content (AvgIpc) is 2.64. The van der Waals surface area contributed by atoms with E-state index in [2.05, 4.69) is 82.4 Å². The Hall–Kier alpha value is -1.67. The molecular weight excluding hydrogens is 274 g/mol. The third-order valence-electron chi connectivity index (χ3n) is 3.70. The zero-order valence-electron chi connectivity index (χ0n) is 13.1. The Morgan fingerprint density at radius 1 is 0.857 bits per heavy atom. The van der Waals surface area contributed by atoms with Crippen molar-refractivity contribution in [2.45, 2.75) is 27.7 Å². The average molecular weight is 295 g/mol. The quantitative estimate of drug-likeness (QED) is 0.643. The lowest BCUT2D eigenvalue weighted by Gasteiger charge is -2.14. The summed E-state index contributed by atoms with van der Waals surface area (Å²) in [6, 6.07) is 0. The largest absolute Gasteiger partial charge is 0.236 e. The van der Waals surface area contributed by atoms with Gasteiger partial charge in [0.05, 0.1) is 10.6 Å². The fraction of sp³-hybridized carbons (Fsp3) is 0.316. The van der Waals surface area contributed by atoms with E-state index in [1.165, 1.54) is 10.5 Å². The van der Waals surface area contributed by atoms with E-state index in [0.717, 1.165) is 10.7 Å². The summed E-state index contributed by atoms with van der Waals surface area (Å²) in [7, 11) is 0. The van der Waals surface area contributed by atoms with E-state index in [-0.39, 0.29) is 10.8 Å². The zero-order valence-corrected chi connectivity index (χ0v) is 13.9. The molecule has 108 valence electrons. The molecule has 0 amide bonds. The summed E-state index contributed by atoms with van der Waals surface area (Å²) < 4.78 is 0. The molecule has 1 aromatic heterocycles. The van der Waals surface area contributed by atoms with E-state index >= 15 is 0 Å². The van der Waals surface area contributed by atoms with Crippen LogP contribution in [0.4, 0.5) is 0 Å². The third-order valence-corrected chi connectivity index (χ3v) is 4.79. The number of thiazole rings is 1. The molecule has 0 radical (unpaired) electrons.